The van der Waals surface area contributed by atoms with Gasteiger partial charge in [-0.3, -0.25) is 0 Å². The molecule has 0 aliphatic rings. The van der Waals surface area contributed by atoms with Gasteiger partial charge in [0, 0.05) is 18.1 Å². The van der Waals surface area contributed by atoms with Crippen molar-refractivity contribution in [1.82, 2.24) is 4.57 Å². The maximum Gasteiger partial charge on any atom is 0.0518 e. The molecule has 3 rings (SSSR count). The molecule has 0 saturated heterocycles. The monoisotopic (exact) mass is 347 g/mol. The van der Waals surface area contributed by atoms with Gasteiger partial charge in [-0.25, -0.2) is 0 Å². The zero-order valence-corrected chi connectivity index (χ0v) is 18.4. The number of nitrogens with zero attached hydrogens (tertiary/aromatic N) is 1. The first-order valence-corrected chi connectivity index (χ1v) is 9.64. The number of fused-ring (bicyclic) bond motifs is 1. The van der Waals surface area contributed by atoms with E-state index in [0.29, 0.717) is 0 Å². The van der Waals surface area contributed by atoms with Crippen molar-refractivity contribution < 1.29 is 0 Å². The van der Waals surface area contributed by atoms with Crippen LogP contribution in [0.25, 0.3) is 22.0 Å². The molecule has 0 fully saturated rings. The Balaban J connectivity index is 2.60. The Morgan fingerprint density at radius 3 is 1.31 bits per heavy atom. The molecule has 1 aromatic heterocycles. The van der Waals surface area contributed by atoms with Gasteiger partial charge < -0.3 is 4.57 Å². The molecule has 2 aromatic carbocycles. The Morgan fingerprint density at radius 1 is 0.423 bits per heavy atom. The Hall–Kier alpha value is -2.02. The molecule has 1 heterocycles. The number of aromatic nitrogens is 1. The largest absolute Gasteiger partial charge is 0.347 e. The standard InChI is InChI=1S/C25H33N/c1-12-13(2)15(4)22(16(5)14(12)3)23-17(6)18(7)25-24(20(23)9)19(8)21(10)26(25)11/h1-11H3. The first-order chi connectivity index (χ1) is 12.0. The van der Waals surface area contributed by atoms with Crippen molar-refractivity contribution in [2.45, 2.75) is 69.2 Å². The molecule has 0 amide bonds. The molecule has 0 saturated carbocycles. The highest BCUT2D eigenvalue weighted by Crippen LogP contribution is 2.43. The lowest BCUT2D eigenvalue weighted by molar-refractivity contribution is 0.906. The second-order valence-electron chi connectivity index (χ2n) is 8.24. The molecule has 0 aliphatic carbocycles. The highest BCUT2D eigenvalue weighted by Gasteiger charge is 2.23. The van der Waals surface area contributed by atoms with Gasteiger partial charge >= 0.3 is 0 Å². The minimum Gasteiger partial charge on any atom is -0.347 e. The predicted octanol–water partition coefficient (Wildman–Crippen LogP) is 6.93. The van der Waals surface area contributed by atoms with Crippen molar-refractivity contribution >= 4 is 10.9 Å². The van der Waals surface area contributed by atoms with Crippen molar-refractivity contribution in [1.29, 1.82) is 0 Å². The predicted molar refractivity (Wildman–Crippen MR) is 116 cm³/mol. The Labute approximate surface area is 159 Å². The molecule has 1 nitrogen and oxygen atoms in total. The van der Waals surface area contributed by atoms with E-state index < -0.39 is 0 Å². The van der Waals surface area contributed by atoms with E-state index in [-0.39, 0.29) is 0 Å². The van der Waals surface area contributed by atoms with Gasteiger partial charge in [0.15, 0.2) is 0 Å². The van der Waals surface area contributed by atoms with Crippen LogP contribution in [0.15, 0.2) is 0 Å². The third kappa shape index (κ3) is 2.22. The van der Waals surface area contributed by atoms with E-state index in [0.717, 1.165) is 0 Å². The van der Waals surface area contributed by atoms with Crippen molar-refractivity contribution in [3.8, 4) is 11.1 Å². The maximum atomic E-state index is 2.37. The maximum absolute atomic E-state index is 2.37. The molecular formula is C25H33N. The van der Waals surface area contributed by atoms with Gasteiger partial charge in [0.25, 0.3) is 0 Å². The van der Waals surface area contributed by atoms with E-state index in [1.54, 1.807) is 0 Å². The van der Waals surface area contributed by atoms with Crippen LogP contribution in [-0.2, 0) is 7.05 Å². The smallest absolute Gasteiger partial charge is 0.0518 e. The minimum atomic E-state index is 1.37. The van der Waals surface area contributed by atoms with Crippen LogP contribution in [0.4, 0.5) is 0 Å². The summed E-state index contributed by atoms with van der Waals surface area (Å²) in [5.41, 5.74) is 18.5. The van der Waals surface area contributed by atoms with Crippen molar-refractivity contribution in [3.05, 3.63) is 55.8 Å². The summed E-state index contributed by atoms with van der Waals surface area (Å²) in [4.78, 5) is 0. The molecular weight excluding hydrogens is 314 g/mol. The van der Waals surface area contributed by atoms with Crippen LogP contribution < -0.4 is 0 Å². The Kier molecular flexibility index (Phi) is 4.34. The lowest BCUT2D eigenvalue weighted by Gasteiger charge is -2.23. The molecule has 1 heteroatoms. The Morgan fingerprint density at radius 2 is 0.808 bits per heavy atom. The van der Waals surface area contributed by atoms with Crippen LogP contribution >= 0.6 is 0 Å². The summed E-state index contributed by atoms with van der Waals surface area (Å²) >= 11 is 0. The van der Waals surface area contributed by atoms with Crippen molar-refractivity contribution in [2.75, 3.05) is 0 Å². The summed E-state index contributed by atoms with van der Waals surface area (Å²) in [6.07, 6.45) is 0. The van der Waals surface area contributed by atoms with Gasteiger partial charge in [-0.05, 0) is 130 Å². The second-order valence-corrected chi connectivity index (χ2v) is 8.24. The van der Waals surface area contributed by atoms with Crippen LogP contribution in [0.1, 0.15) is 55.8 Å². The number of rotatable bonds is 1. The number of aryl methyl sites for hydroxylation is 4. The summed E-state index contributed by atoms with van der Waals surface area (Å²) in [6, 6.07) is 0. The number of benzene rings is 2. The molecule has 3 aromatic rings. The normalized spacial score (nSPS) is 11.7. The zero-order chi connectivity index (χ0) is 19.7. The van der Waals surface area contributed by atoms with Gasteiger partial charge in [-0.2, -0.15) is 0 Å². The number of hydrogen-bond donors (Lipinski definition) is 0. The molecule has 0 spiro atoms. The van der Waals surface area contributed by atoms with E-state index in [9.17, 15) is 0 Å². The lowest BCUT2D eigenvalue weighted by atomic mass is 9.81. The fourth-order valence-electron chi connectivity index (χ4n) is 4.86. The average Bonchev–Trinajstić information content (AvgIpc) is 2.83. The van der Waals surface area contributed by atoms with Gasteiger partial charge in [0.1, 0.15) is 0 Å². The first-order valence-electron chi connectivity index (χ1n) is 9.64. The SMILES string of the molecule is Cc1c(C)c(C)c(-c2c(C)c(C)c3c(c2C)c(C)c(C)n3C)c(C)c1C. The van der Waals surface area contributed by atoms with Crippen LogP contribution in [-0.4, -0.2) is 4.57 Å². The van der Waals surface area contributed by atoms with Gasteiger partial charge in [0.2, 0.25) is 0 Å². The summed E-state index contributed by atoms with van der Waals surface area (Å²) in [6.45, 7) is 22.8. The van der Waals surface area contributed by atoms with Gasteiger partial charge in [-0.1, -0.05) is 0 Å². The quantitative estimate of drug-likeness (QED) is 0.450. The molecule has 0 N–H and O–H groups in total. The first kappa shape index (κ1) is 18.8. The van der Waals surface area contributed by atoms with E-state index in [2.05, 4.69) is 80.9 Å². The third-order valence-electron chi connectivity index (χ3n) is 7.29. The van der Waals surface area contributed by atoms with E-state index in [1.165, 1.54) is 77.8 Å². The van der Waals surface area contributed by atoms with Crippen molar-refractivity contribution in [2.24, 2.45) is 7.05 Å². The zero-order valence-electron chi connectivity index (χ0n) is 18.4. The summed E-state index contributed by atoms with van der Waals surface area (Å²) < 4.78 is 2.37. The molecule has 0 radical (unpaired) electrons. The molecule has 0 atom stereocenters. The van der Waals surface area contributed by atoms with Crippen LogP contribution in [0, 0.1) is 69.2 Å². The summed E-state index contributed by atoms with van der Waals surface area (Å²) in [7, 11) is 2.20. The molecule has 0 unspecified atom stereocenters. The van der Waals surface area contributed by atoms with E-state index in [1.807, 2.05) is 0 Å². The minimum absolute atomic E-state index is 1.37. The van der Waals surface area contributed by atoms with Crippen LogP contribution in [0.3, 0.4) is 0 Å². The van der Waals surface area contributed by atoms with E-state index >= 15 is 0 Å². The number of hydrogen-bond acceptors (Lipinski definition) is 0. The topological polar surface area (TPSA) is 4.93 Å². The fourth-order valence-corrected chi connectivity index (χ4v) is 4.86. The molecule has 0 aliphatic heterocycles. The van der Waals surface area contributed by atoms with Crippen LogP contribution in [0.2, 0.25) is 0 Å². The highest BCUT2D eigenvalue weighted by molar-refractivity contribution is 5.98. The average molecular weight is 348 g/mol. The van der Waals surface area contributed by atoms with Gasteiger partial charge in [0.05, 0.1) is 5.52 Å². The molecule has 0 bridgehead atoms. The van der Waals surface area contributed by atoms with E-state index in [4.69, 9.17) is 0 Å². The summed E-state index contributed by atoms with van der Waals surface area (Å²) in [5, 5.41) is 1.44. The molecule has 26 heavy (non-hydrogen) atoms. The molecule has 138 valence electrons. The lowest BCUT2D eigenvalue weighted by Crippen LogP contribution is -2.04. The van der Waals surface area contributed by atoms with Crippen molar-refractivity contribution in [3.63, 3.8) is 0 Å². The third-order valence-corrected chi connectivity index (χ3v) is 7.29. The Bertz CT molecular complexity index is 1050. The van der Waals surface area contributed by atoms with Gasteiger partial charge in [-0.15, -0.1) is 0 Å². The van der Waals surface area contributed by atoms with Crippen LogP contribution in [0.5, 0.6) is 0 Å². The highest BCUT2D eigenvalue weighted by atomic mass is 14.9. The fraction of sp³-hybridized carbons (Fsp3) is 0.440. The second kappa shape index (κ2) is 6.01. The summed E-state index contributed by atoms with van der Waals surface area (Å²) in [5.74, 6) is 0.